The van der Waals surface area contributed by atoms with E-state index in [0.717, 1.165) is 17.2 Å². The van der Waals surface area contributed by atoms with Crippen LogP contribution in [0.1, 0.15) is 42.6 Å². The SMILES string of the molecule is CCS(=O)(=O)c1cc(C#N)ccc1C1NC(=O)N(c2ccnc(C(F)(F)F)c2)C2=C1C(O)CC2. The van der Waals surface area contributed by atoms with E-state index in [2.05, 4.69) is 10.3 Å². The molecule has 12 heteroatoms. The molecule has 4 rings (SSSR count). The summed E-state index contributed by atoms with van der Waals surface area (Å²) in [6.45, 7) is 1.44. The third-order valence-electron chi connectivity index (χ3n) is 5.86. The van der Waals surface area contributed by atoms with Gasteiger partial charge >= 0.3 is 12.2 Å². The number of allylic oxidation sites excluding steroid dienone is 1. The Hall–Kier alpha value is -3.43. The molecule has 2 aliphatic rings. The Bertz CT molecular complexity index is 1350. The summed E-state index contributed by atoms with van der Waals surface area (Å²) in [5.74, 6) is -0.257. The molecule has 1 aliphatic carbocycles. The van der Waals surface area contributed by atoms with Crippen LogP contribution in [0.3, 0.4) is 0 Å². The van der Waals surface area contributed by atoms with E-state index >= 15 is 0 Å². The van der Waals surface area contributed by atoms with Crippen molar-refractivity contribution in [3.63, 3.8) is 0 Å². The summed E-state index contributed by atoms with van der Waals surface area (Å²) >= 11 is 0. The number of nitrogens with one attached hydrogen (secondary N) is 1. The number of alkyl halides is 3. The number of nitrogens with zero attached hydrogens (tertiary/aromatic N) is 3. The van der Waals surface area contributed by atoms with E-state index in [0.29, 0.717) is 11.3 Å². The molecule has 8 nitrogen and oxygen atoms in total. The van der Waals surface area contributed by atoms with Crippen molar-refractivity contribution in [2.75, 3.05) is 10.7 Å². The van der Waals surface area contributed by atoms with Crippen LogP contribution >= 0.6 is 0 Å². The molecule has 0 fully saturated rings. The fourth-order valence-electron chi connectivity index (χ4n) is 4.25. The molecule has 2 heterocycles. The van der Waals surface area contributed by atoms with Crippen molar-refractivity contribution in [2.45, 2.75) is 43.0 Å². The number of pyridine rings is 1. The largest absolute Gasteiger partial charge is 0.433 e. The van der Waals surface area contributed by atoms with Gasteiger partial charge in [-0.2, -0.15) is 18.4 Å². The van der Waals surface area contributed by atoms with Gasteiger partial charge in [-0.15, -0.1) is 0 Å². The van der Waals surface area contributed by atoms with Gasteiger partial charge in [0.05, 0.1) is 40.1 Å². The van der Waals surface area contributed by atoms with Crippen molar-refractivity contribution in [1.29, 1.82) is 5.26 Å². The number of carbonyl (C=O) groups is 1. The third-order valence-corrected chi connectivity index (χ3v) is 7.64. The van der Waals surface area contributed by atoms with Crippen LogP contribution in [-0.2, 0) is 16.0 Å². The summed E-state index contributed by atoms with van der Waals surface area (Å²) in [7, 11) is -3.82. The number of hydrogen-bond donors (Lipinski definition) is 2. The lowest BCUT2D eigenvalue weighted by molar-refractivity contribution is -0.141. The molecule has 34 heavy (non-hydrogen) atoms. The number of benzene rings is 1. The molecule has 1 aromatic carbocycles. The maximum Gasteiger partial charge on any atom is 0.433 e. The molecule has 2 N–H and O–H groups in total. The highest BCUT2D eigenvalue weighted by Gasteiger charge is 2.43. The highest BCUT2D eigenvalue weighted by atomic mass is 32.2. The summed E-state index contributed by atoms with van der Waals surface area (Å²) in [5.41, 5.74) is -0.387. The molecule has 0 radical (unpaired) electrons. The van der Waals surface area contributed by atoms with Crippen LogP contribution in [0.4, 0.5) is 23.7 Å². The molecule has 2 aromatic rings. The molecule has 1 aromatic heterocycles. The van der Waals surface area contributed by atoms with Gasteiger partial charge in [-0.1, -0.05) is 13.0 Å². The Labute approximate surface area is 193 Å². The Kier molecular flexibility index (Phi) is 5.87. The number of halogens is 3. The fourth-order valence-corrected chi connectivity index (χ4v) is 5.42. The van der Waals surface area contributed by atoms with Crippen molar-refractivity contribution in [1.82, 2.24) is 10.3 Å². The molecule has 2 amide bonds. The molecule has 1 aliphatic heterocycles. The van der Waals surface area contributed by atoms with Gasteiger partial charge in [0.1, 0.15) is 5.69 Å². The van der Waals surface area contributed by atoms with Crippen LogP contribution < -0.4 is 10.2 Å². The smallest absolute Gasteiger partial charge is 0.389 e. The van der Waals surface area contributed by atoms with Gasteiger partial charge in [0.25, 0.3) is 0 Å². The molecule has 2 atom stereocenters. The van der Waals surface area contributed by atoms with Crippen LogP contribution in [0.2, 0.25) is 0 Å². The Balaban J connectivity index is 1.89. The second-order valence-corrected chi connectivity index (χ2v) is 10.1. The zero-order chi connectivity index (χ0) is 24.8. The van der Waals surface area contributed by atoms with E-state index < -0.39 is 39.9 Å². The topological polar surface area (TPSA) is 123 Å². The predicted molar refractivity (Wildman–Crippen MR) is 114 cm³/mol. The van der Waals surface area contributed by atoms with Crippen LogP contribution in [-0.4, -0.2) is 36.4 Å². The first-order chi connectivity index (χ1) is 16.0. The van der Waals surface area contributed by atoms with E-state index in [1.54, 1.807) is 0 Å². The number of aromatic nitrogens is 1. The third kappa shape index (κ3) is 4.01. The lowest BCUT2D eigenvalue weighted by atomic mass is 9.93. The van der Waals surface area contributed by atoms with Gasteiger partial charge in [-0.25, -0.2) is 13.2 Å². The normalized spacial score (nSPS) is 20.7. The summed E-state index contributed by atoms with van der Waals surface area (Å²) < 4.78 is 65.1. The highest BCUT2D eigenvalue weighted by molar-refractivity contribution is 7.91. The number of carbonyl (C=O) groups excluding carboxylic acids is 1. The number of aliphatic hydroxyl groups excluding tert-OH is 1. The van der Waals surface area contributed by atoms with Crippen molar-refractivity contribution >= 4 is 21.6 Å². The number of anilines is 1. The van der Waals surface area contributed by atoms with Crippen LogP contribution in [0.25, 0.3) is 0 Å². The van der Waals surface area contributed by atoms with Crippen molar-refractivity contribution in [3.05, 3.63) is 64.6 Å². The molecule has 2 unspecified atom stereocenters. The molecule has 0 saturated carbocycles. The molecule has 0 bridgehead atoms. The number of urea groups is 1. The second kappa shape index (κ2) is 8.41. The monoisotopic (exact) mass is 492 g/mol. The standard InChI is InChI=1S/C22H19F3N4O4S/c1-2-34(32,33)17-9-12(11-26)3-4-14(17)20-19-15(5-6-16(19)30)29(21(31)28-20)13-7-8-27-18(10-13)22(23,24)25/h3-4,7-10,16,20,30H,2,5-6H2,1H3,(H,28,31). The average molecular weight is 492 g/mol. The Morgan fingerprint density at radius 3 is 2.68 bits per heavy atom. The van der Waals surface area contributed by atoms with E-state index in [9.17, 15) is 36.8 Å². The number of rotatable bonds is 4. The summed E-state index contributed by atoms with van der Waals surface area (Å²) in [6.07, 6.45) is -4.44. The Morgan fingerprint density at radius 2 is 2.03 bits per heavy atom. The minimum Gasteiger partial charge on any atom is -0.389 e. The minimum absolute atomic E-state index is 0.0823. The first-order valence-corrected chi connectivity index (χ1v) is 11.9. The minimum atomic E-state index is -4.72. The van der Waals surface area contributed by atoms with Gasteiger partial charge in [-0.3, -0.25) is 9.88 Å². The van der Waals surface area contributed by atoms with Gasteiger partial charge in [-0.05, 0) is 42.7 Å². The molecule has 0 spiro atoms. The van der Waals surface area contributed by atoms with E-state index in [4.69, 9.17) is 0 Å². The van der Waals surface area contributed by atoms with Crippen molar-refractivity contribution < 1.29 is 31.5 Å². The second-order valence-electron chi connectivity index (χ2n) is 7.84. The zero-order valence-corrected chi connectivity index (χ0v) is 18.6. The summed E-state index contributed by atoms with van der Waals surface area (Å²) in [6, 6.07) is 6.09. The van der Waals surface area contributed by atoms with Gasteiger partial charge in [0.2, 0.25) is 0 Å². The van der Waals surface area contributed by atoms with Crippen LogP contribution in [0.15, 0.2) is 52.7 Å². The number of sulfone groups is 1. The quantitative estimate of drug-likeness (QED) is 0.674. The predicted octanol–water partition coefficient (Wildman–Crippen LogP) is 3.45. The lowest BCUT2D eigenvalue weighted by Gasteiger charge is -2.36. The van der Waals surface area contributed by atoms with Gasteiger partial charge in [0.15, 0.2) is 9.84 Å². The lowest BCUT2D eigenvalue weighted by Crippen LogP contribution is -2.47. The first-order valence-electron chi connectivity index (χ1n) is 10.3. The van der Waals surface area contributed by atoms with Crippen molar-refractivity contribution in [3.8, 4) is 6.07 Å². The Morgan fingerprint density at radius 1 is 1.29 bits per heavy atom. The fraction of sp³-hybridized carbons (Fsp3) is 0.318. The maximum atomic E-state index is 13.2. The molecule has 178 valence electrons. The van der Waals surface area contributed by atoms with Crippen LogP contribution in [0.5, 0.6) is 0 Å². The average Bonchev–Trinajstić information content (AvgIpc) is 3.18. The number of nitriles is 1. The molecule has 0 saturated heterocycles. The number of amides is 2. The van der Waals surface area contributed by atoms with Crippen LogP contribution in [0, 0.1) is 11.3 Å². The molecular formula is C22H19F3N4O4S. The number of aliphatic hydroxyl groups is 1. The first kappa shape index (κ1) is 23.7. The maximum absolute atomic E-state index is 13.2. The summed E-state index contributed by atoms with van der Waals surface area (Å²) in [4.78, 5) is 17.4. The number of hydrogen-bond acceptors (Lipinski definition) is 6. The van der Waals surface area contributed by atoms with Gasteiger partial charge < -0.3 is 10.4 Å². The molecular weight excluding hydrogens is 473 g/mol. The zero-order valence-electron chi connectivity index (χ0n) is 17.8. The van der Waals surface area contributed by atoms with E-state index in [1.165, 1.54) is 31.2 Å². The van der Waals surface area contributed by atoms with Crippen molar-refractivity contribution in [2.24, 2.45) is 0 Å². The van der Waals surface area contributed by atoms with E-state index in [-0.39, 0.29) is 40.3 Å². The van der Waals surface area contributed by atoms with Gasteiger partial charge in [0, 0.05) is 17.5 Å². The van der Waals surface area contributed by atoms with E-state index in [1.807, 2.05) is 6.07 Å². The summed E-state index contributed by atoms with van der Waals surface area (Å²) in [5, 5.41) is 22.6. The highest BCUT2D eigenvalue weighted by Crippen LogP contribution is 2.44.